The van der Waals surface area contributed by atoms with Crippen molar-refractivity contribution in [2.24, 2.45) is 5.92 Å². The van der Waals surface area contributed by atoms with Crippen molar-refractivity contribution in [1.29, 1.82) is 0 Å². The van der Waals surface area contributed by atoms with Gasteiger partial charge < -0.3 is 19.7 Å². The number of fused-ring (bicyclic) bond motifs is 1. The van der Waals surface area contributed by atoms with Gasteiger partial charge in [-0.05, 0) is 23.8 Å². The van der Waals surface area contributed by atoms with Gasteiger partial charge in [0, 0.05) is 50.4 Å². The summed E-state index contributed by atoms with van der Waals surface area (Å²) >= 11 is 0. The van der Waals surface area contributed by atoms with Crippen LogP contribution in [0.1, 0.15) is 23.6 Å². The molecule has 0 bridgehead atoms. The average Bonchev–Trinajstić information content (AvgIpc) is 3.21. The predicted molar refractivity (Wildman–Crippen MR) is 92.1 cm³/mol. The topological polar surface area (TPSA) is 63.7 Å². The van der Waals surface area contributed by atoms with E-state index in [0.29, 0.717) is 13.0 Å². The number of amides is 1. The summed E-state index contributed by atoms with van der Waals surface area (Å²) < 4.78 is 11.0. The molecule has 1 fully saturated rings. The number of likely N-dealkylation sites (tertiary alicyclic amines) is 1. The first-order valence-corrected chi connectivity index (χ1v) is 8.48. The minimum absolute atomic E-state index is 0.0871. The zero-order chi connectivity index (χ0) is 17.2. The lowest BCUT2D eigenvalue weighted by molar-refractivity contribution is -0.127. The van der Waals surface area contributed by atoms with Gasteiger partial charge in [-0.3, -0.25) is 9.78 Å². The van der Waals surface area contributed by atoms with Gasteiger partial charge in [0.1, 0.15) is 0 Å². The summed E-state index contributed by atoms with van der Waals surface area (Å²) in [6.07, 6.45) is 4.12. The van der Waals surface area contributed by atoms with Crippen molar-refractivity contribution in [3.63, 3.8) is 0 Å². The molecule has 130 valence electrons. The maximum atomic E-state index is 12.2. The van der Waals surface area contributed by atoms with E-state index in [1.165, 1.54) is 0 Å². The molecule has 0 spiro atoms. The Morgan fingerprint density at radius 2 is 2.08 bits per heavy atom. The lowest BCUT2D eigenvalue weighted by Gasteiger charge is -2.25. The molecule has 0 radical (unpaired) electrons. The van der Waals surface area contributed by atoms with Crippen molar-refractivity contribution in [3.8, 4) is 11.5 Å². The van der Waals surface area contributed by atoms with E-state index in [-0.39, 0.29) is 24.7 Å². The molecule has 6 heteroatoms. The summed E-state index contributed by atoms with van der Waals surface area (Å²) in [5, 5.41) is 3.48. The first kappa shape index (κ1) is 15.9. The van der Waals surface area contributed by atoms with Gasteiger partial charge in [0.25, 0.3) is 0 Å². The Kier molecular flexibility index (Phi) is 4.28. The van der Waals surface area contributed by atoms with Gasteiger partial charge in [-0.2, -0.15) is 0 Å². The van der Waals surface area contributed by atoms with Crippen LogP contribution in [0.15, 0.2) is 42.7 Å². The predicted octanol–water partition coefficient (Wildman–Crippen LogP) is 2.12. The molecule has 25 heavy (non-hydrogen) atoms. The number of para-hydroxylation sites is 1. The molecule has 1 N–H and O–H groups in total. The van der Waals surface area contributed by atoms with E-state index in [0.717, 1.165) is 29.2 Å². The zero-order valence-electron chi connectivity index (χ0n) is 14.1. The fourth-order valence-electron chi connectivity index (χ4n) is 3.71. The van der Waals surface area contributed by atoms with E-state index in [4.69, 9.17) is 9.47 Å². The Hall–Kier alpha value is -2.60. The quantitative estimate of drug-likeness (QED) is 0.904. The molecule has 2 aliphatic rings. The Morgan fingerprint density at radius 3 is 2.92 bits per heavy atom. The number of aromatic nitrogens is 1. The molecule has 0 saturated carbocycles. The molecule has 3 heterocycles. The molecular formula is C19H21N3O3. The summed E-state index contributed by atoms with van der Waals surface area (Å²) in [5.74, 6) is 2.03. The first-order valence-electron chi connectivity index (χ1n) is 8.48. The summed E-state index contributed by atoms with van der Waals surface area (Å²) in [6, 6.07) is 9.98. The van der Waals surface area contributed by atoms with E-state index in [2.05, 4.69) is 10.3 Å². The summed E-state index contributed by atoms with van der Waals surface area (Å²) in [7, 11) is 1.88. The Bertz CT molecular complexity index is 766. The highest BCUT2D eigenvalue weighted by molar-refractivity contribution is 5.79. The second-order valence-corrected chi connectivity index (χ2v) is 6.48. The molecule has 0 aliphatic carbocycles. The molecule has 1 aromatic carbocycles. The molecule has 1 amide bonds. The first-order chi connectivity index (χ1) is 12.2. The van der Waals surface area contributed by atoms with Gasteiger partial charge in [0.2, 0.25) is 12.7 Å². The molecular weight excluding hydrogens is 318 g/mol. The summed E-state index contributed by atoms with van der Waals surface area (Å²) in [4.78, 5) is 18.1. The van der Waals surface area contributed by atoms with Crippen molar-refractivity contribution >= 4 is 5.91 Å². The van der Waals surface area contributed by atoms with Crippen molar-refractivity contribution in [2.45, 2.75) is 19.0 Å². The lowest BCUT2D eigenvalue weighted by Crippen LogP contribution is -2.29. The smallest absolute Gasteiger partial charge is 0.231 e. The van der Waals surface area contributed by atoms with E-state index >= 15 is 0 Å². The van der Waals surface area contributed by atoms with Crippen LogP contribution in [0.4, 0.5) is 0 Å². The van der Waals surface area contributed by atoms with Crippen LogP contribution in [0.3, 0.4) is 0 Å². The van der Waals surface area contributed by atoms with E-state index in [9.17, 15) is 4.79 Å². The highest BCUT2D eigenvalue weighted by Crippen LogP contribution is 2.37. The van der Waals surface area contributed by atoms with Gasteiger partial charge >= 0.3 is 0 Å². The van der Waals surface area contributed by atoms with Gasteiger partial charge in [-0.25, -0.2) is 0 Å². The molecule has 2 aromatic rings. The van der Waals surface area contributed by atoms with Crippen LogP contribution < -0.4 is 14.8 Å². The van der Waals surface area contributed by atoms with Crippen LogP contribution in [-0.4, -0.2) is 36.2 Å². The van der Waals surface area contributed by atoms with E-state index in [1.54, 1.807) is 12.4 Å². The highest BCUT2D eigenvalue weighted by Gasteiger charge is 2.38. The van der Waals surface area contributed by atoms with Crippen LogP contribution in [0.5, 0.6) is 11.5 Å². The maximum absolute atomic E-state index is 12.2. The number of carbonyl (C=O) groups excluding carboxylic acids is 1. The van der Waals surface area contributed by atoms with Crippen molar-refractivity contribution < 1.29 is 14.3 Å². The fraction of sp³-hybridized carbons (Fsp3) is 0.368. The molecule has 4 rings (SSSR count). The monoisotopic (exact) mass is 339 g/mol. The number of pyridine rings is 1. The second kappa shape index (κ2) is 6.72. The minimum atomic E-state index is 0.0871. The maximum Gasteiger partial charge on any atom is 0.231 e. The third-order valence-corrected chi connectivity index (χ3v) is 4.94. The van der Waals surface area contributed by atoms with Crippen LogP contribution >= 0.6 is 0 Å². The largest absolute Gasteiger partial charge is 0.454 e. The Morgan fingerprint density at radius 1 is 1.24 bits per heavy atom. The molecule has 2 atom stereocenters. The third-order valence-electron chi connectivity index (χ3n) is 4.94. The number of nitrogens with zero attached hydrogens (tertiary/aromatic N) is 2. The second-order valence-electron chi connectivity index (χ2n) is 6.48. The van der Waals surface area contributed by atoms with Crippen LogP contribution in [0.25, 0.3) is 0 Å². The van der Waals surface area contributed by atoms with Crippen LogP contribution in [-0.2, 0) is 11.3 Å². The number of ether oxygens (including phenoxy) is 2. The van der Waals surface area contributed by atoms with Crippen LogP contribution in [0, 0.1) is 5.92 Å². The zero-order valence-corrected chi connectivity index (χ0v) is 14.1. The third kappa shape index (κ3) is 3.05. The standard InChI is InChI=1S/C19H21N3O3/c1-22-17(23)9-15(18(22)13-5-7-20-8-6-13)11-21-10-14-3-2-4-16-19(14)25-12-24-16/h2-8,15,18,21H,9-12H2,1H3/t15-,18-/m0/s1. The number of benzene rings is 1. The minimum Gasteiger partial charge on any atom is -0.454 e. The number of rotatable bonds is 5. The molecule has 6 nitrogen and oxygen atoms in total. The number of nitrogens with one attached hydrogen (secondary N) is 1. The van der Waals surface area contributed by atoms with Gasteiger partial charge in [-0.1, -0.05) is 12.1 Å². The Labute approximate surface area is 146 Å². The fourth-order valence-corrected chi connectivity index (χ4v) is 3.71. The van der Waals surface area contributed by atoms with Gasteiger partial charge in [-0.15, -0.1) is 0 Å². The van der Waals surface area contributed by atoms with Gasteiger partial charge in [0.05, 0.1) is 6.04 Å². The number of hydrogen-bond acceptors (Lipinski definition) is 5. The Balaban J connectivity index is 1.43. The van der Waals surface area contributed by atoms with Crippen molar-refractivity contribution in [1.82, 2.24) is 15.2 Å². The van der Waals surface area contributed by atoms with E-state index < -0.39 is 0 Å². The molecule has 1 aromatic heterocycles. The molecule has 0 unspecified atom stereocenters. The van der Waals surface area contributed by atoms with Crippen molar-refractivity contribution in [3.05, 3.63) is 53.9 Å². The highest BCUT2D eigenvalue weighted by atomic mass is 16.7. The van der Waals surface area contributed by atoms with Gasteiger partial charge in [0.15, 0.2) is 11.5 Å². The normalized spacial score (nSPS) is 21.8. The number of carbonyl (C=O) groups is 1. The van der Waals surface area contributed by atoms with E-state index in [1.807, 2.05) is 42.3 Å². The summed E-state index contributed by atoms with van der Waals surface area (Å²) in [5.41, 5.74) is 2.21. The van der Waals surface area contributed by atoms with Crippen molar-refractivity contribution in [2.75, 3.05) is 20.4 Å². The molecule has 2 aliphatic heterocycles. The van der Waals surface area contributed by atoms with Crippen LogP contribution in [0.2, 0.25) is 0 Å². The average molecular weight is 339 g/mol. The SMILES string of the molecule is CN1C(=O)C[C@@H](CNCc2cccc3c2OCO3)[C@@H]1c1ccncc1. The lowest BCUT2D eigenvalue weighted by atomic mass is 9.94. The molecule has 1 saturated heterocycles. The summed E-state index contributed by atoms with van der Waals surface area (Å²) in [6.45, 7) is 1.72. The number of hydrogen-bond donors (Lipinski definition) is 1.